The molecule has 2 rings (SSSR count). The maximum absolute atomic E-state index is 11.9. The zero-order valence-corrected chi connectivity index (χ0v) is 10.5. The predicted molar refractivity (Wildman–Crippen MR) is 66.0 cm³/mol. The first-order valence-corrected chi connectivity index (χ1v) is 6.70. The van der Waals surface area contributed by atoms with Gasteiger partial charge in [0.15, 0.2) is 0 Å². The highest BCUT2D eigenvalue weighted by Gasteiger charge is 2.23. The van der Waals surface area contributed by atoms with Gasteiger partial charge in [-0.15, -0.1) is 11.3 Å². The molecule has 0 bridgehead atoms. The van der Waals surface area contributed by atoms with E-state index in [-0.39, 0.29) is 18.6 Å². The Labute approximate surface area is 105 Å². The molecule has 0 radical (unpaired) electrons. The highest BCUT2D eigenvalue weighted by atomic mass is 32.1. The van der Waals surface area contributed by atoms with E-state index in [1.54, 1.807) is 16.2 Å². The monoisotopic (exact) mass is 255 g/mol. The van der Waals surface area contributed by atoms with Crippen LogP contribution in [0.15, 0.2) is 17.5 Å². The summed E-state index contributed by atoms with van der Waals surface area (Å²) in [4.78, 5) is 15.0. The summed E-state index contributed by atoms with van der Waals surface area (Å²) in [5, 5.41) is 11.0. The molecule has 2 heterocycles. The SMILES string of the molecule is O=C(CCc1cccs1)N1CCOC(CO)C1. The molecule has 1 fully saturated rings. The van der Waals surface area contributed by atoms with Gasteiger partial charge in [0.05, 0.1) is 19.3 Å². The van der Waals surface area contributed by atoms with E-state index in [4.69, 9.17) is 9.84 Å². The average molecular weight is 255 g/mol. The van der Waals surface area contributed by atoms with Crippen LogP contribution in [-0.4, -0.2) is 48.3 Å². The summed E-state index contributed by atoms with van der Waals surface area (Å²) in [7, 11) is 0. The van der Waals surface area contributed by atoms with E-state index in [1.165, 1.54) is 4.88 Å². The third-order valence-electron chi connectivity index (χ3n) is 2.86. The molecule has 1 aromatic heterocycles. The molecule has 0 saturated carbocycles. The minimum Gasteiger partial charge on any atom is -0.394 e. The number of rotatable bonds is 4. The zero-order valence-electron chi connectivity index (χ0n) is 9.67. The summed E-state index contributed by atoms with van der Waals surface area (Å²) in [5.41, 5.74) is 0. The number of thiophene rings is 1. The summed E-state index contributed by atoms with van der Waals surface area (Å²) in [6, 6.07) is 4.05. The second-order valence-corrected chi connectivity index (χ2v) is 5.13. The van der Waals surface area contributed by atoms with Crippen LogP contribution in [0.3, 0.4) is 0 Å². The first-order valence-electron chi connectivity index (χ1n) is 5.82. The number of carbonyl (C=O) groups is 1. The van der Waals surface area contributed by atoms with E-state index in [0.29, 0.717) is 26.1 Å². The van der Waals surface area contributed by atoms with Gasteiger partial charge in [-0.25, -0.2) is 0 Å². The fraction of sp³-hybridized carbons (Fsp3) is 0.583. The molecule has 1 N–H and O–H groups in total. The van der Waals surface area contributed by atoms with Crippen molar-refractivity contribution in [1.29, 1.82) is 0 Å². The van der Waals surface area contributed by atoms with Crippen molar-refractivity contribution in [3.8, 4) is 0 Å². The molecule has 0 aromatic carbocycles. The van der Waals surface area contributed by atoms with Crippen LogP contribution < -0.4 is 0 Å². The lowest BCUT2D eigenvalue weighted by Gasteiger charge is -2.32. The highest BCUT2D eigenvalue weighted by Crippen LogP contribution is 2.13. The van der Waals surface area contributed by atoms with Crippen LogP contribution in [0.5, 0.6) is 0 Å². The molecule has 5 heteroatoms. The van der Waals surface area contributed by atoms with Crippen LogP contribution in [0.4, 0.5) is 0 Å². The lowest BCUT2D eigenvalue weighted by atomic mass is 10.2. The molecule has 1 aliphatic rings. The second kappa shape index (κ2) is 6.14. The minimum atomic E-state index is -0.213. The Bertz CT molecular complexity index is 353. The maximum Gasteiger partial charge on any atom is 0.223 e. The van der Waals surface area contributed by atoms with Crippen LogP contribution in [0.2, 0.25) is 0 Å². The molecule has 94 valence electrons. The molecule has 17 heavy (non-hydrogen) atoms. The largest absolute Gasteiger partial charge is 0.394 e. The molecule has 1 aliphatic heterocycles. The summed E-state index contributed by atoms with van der Waals surface area (Å²) < 4.78 is 5.32. The lowest BCUT2D eigenvalue weighted by Crippen LogP contribution is -2.46. The summed E-state index contributed by atoms with van der Waals surface area (Å²) in [6.07, 6.45) is 1.13. The van der Waals surface area contributed by atoms with Crippen molar-refractivity contribution in [2.45, 2.75) is 18.9 Å². The van der Waals surface area contributed by atoms with Gasteiger partial charge in [-0.05, 0) is 17.9 Å². The second-order valence-electron chi connectivity index (χ2n) is 4.09. The Hall–Kier alpha value is -0.910. The Morgan fingerprint density at radius 1 is 1.65 bits per heavy atom. The molecule has 1 aromatic rings. The normalized spacial score (nSPS) is 20.5. The highest BCUT2D eigenvalue weighted by molar-refractivity contribution is 7.09. The van der Waals surface area contributed by atoms with E-state index >= 15 is 0 Å². The fourth-order valence-corrected chi connectivity index (χ4v) is 2.61. The number of aryl methyl sites for hydroxylation is 1. The Kier molecular flexibility index (Phi) is 4.53. The van der Waals surface area contributed by atoms with Crippen LogP contribution in [-0.2, 0) is 16.0 Å². The lowest BCUT2D eigenvalue weighted by molar-refractivity contribution is -0.140. The number of nitrogens with zero attached hydrogens (tertiary/aromatic N) is 1. The van der Waals surface area contributed by atoms with E-state index in [9.17, 15) is 4.79 Å². The molecule has 1 atom stereocenters. The van der Waals surface area contributed by atoms with Gasteiger partial charge >= 0.3 is 0 Å². The van der Waals surface area contributed by atoms with Crippen molar-refractivity contribution in [3.05, 3.63) is 22.4 Å². The van der Waals surface area contributed by atoms with Gasteiger partial charge in [-0.3, -0.25) is 4.79 Å². The zero-order chi connectivity index (χ0) is 12.1. The molecular formula is C12H17NO3S. The third-order valence-corrected chi connectivity index (χ3v) is 3.80. The van der Waals surface area contributed by atoms with Crippen molar-refractivity contribution in [2.24, 2.45) is 0 Å². The van der Waals surface area contributed by atoms with Crippen molar-refractivity contribution in [3.63, 3.8) is 0 Å². The van der Waals surface area contributed by atoms with Gasteiger partial charge in [0.2, 0.25) is 5.91 Å². The van der Waals surface area contributed by atoms with Gasteiger partial charge in [-0.1, -0.05) is 6.07 Å². The van der Waals surface area contributed by atoms with Crippen LogP contribution in [0, 0.1) is 0 Å². The van der Waals surface area contributed by atoms with E-state index in [2.05, 4.69) is 0 Å². The summed E-state index contributed by atoms with van der Waals surface area (Å²) in [5.74, 6) is 0.153. The topological polar surface area (TPSA) is 49.8 Å². The smallest absolute Gasteiger partial charge is 0.223 e. The Morgan fingerprint density at radius 2 is 2.53 bits per heavy atom. The fourth-order valence-electron chi connectivity index (χ4n) is 1.90. The minimum absolute atomic E-state index is 0.0191. The van der Waals surface area contributed by atoms with Gasteiger partial charge < -0.3 is 14.7 Å². The number of morpholine rings is 1. The third kappa shape index (κ3) is 3.52. The van der Waals surface area contributed by atoms with E-state index in [0.717, 1.165) is 6.42 Å². The number of aliphatic hydroxyl groups excluding tert-OH is 1. The molecular weight excluding hydrogens is 238 g/mol. The molecule has 4 nitrogen and oxygen atoms in total. The Morgan fingerprint density at radius 3 is 3.24 bits per heavy atom. The summed E-state index contributed by atoms with van der Waals surface area (Å²) in [6.45, 7) is 1.66. The van der Waals surface area contributed by atoms with Crippen LogP contribution in [0.1, 0.15) is 11.3 Å². The molecule has 0 spiro atoms. The van der Waals surface area contributed by atoms with Crippen molar-refractivity contribution in [2.75, 3.05) is 26.3 Å². The number of amides is 1. The van der Waals surface area contributed by atoms with Crippen molar-refractivity contribution < 1.29 is 14.6 Å². The van der Waals surface area contributed by atoms with Gasteiger partial charge in [-0.2, -0.15) is 0 Å². The van der Waals surface area contributed by atoms with Crippen LogP contribution >= 0.6 is 11.3 Å². The van der Waals surface area contributed by atoms with Gasteiger partial charge in [0.1, 0.15) is 0 Å². The molecule has 1 unspecified atom stereocenters. The first-order chi connectivity index (χ1) is 8.29. The molecule has 1 amide bonds. The number of aliphatic hydroxyl groups is 1. The van der Waals surface area contributed by atoms with Gasteiger partial charge in [0, 0.05) is 24.4 Å². The average Bonchev–Trinajstić information content (AvgIpc) is 2.89. The maximum atomic E-state index is 11.9. The Balaban J connectivity index is 1.79. The standard InChI is InChI=1S/C12H17NO3S/c14-9-10-8-13(5-6-16-10)12(15)4-3-11-2-1-7-17-11/h1-2,7,10,14H,3-6,8-9H2. The quantitative estimate of drug-likeness (QED) is 0.869. The van der Waals surface area contributed by atoms with Gasteiger partial charge in [0.25, 0.3) is 0 Å². The van der Waals surface area contributed by atoms with E-state index < -0.39 is 0 Å². The molecule has 0 aliphatic carbocycles. The molecule has 1 saturated heterocycles. The number of hydrogen-bond acceptors (Lipinski definition) is 4. The predicted octanol–water partition coefficient (Wildman–Crippen LogP) is 0.900. The number of hydrogen-bond donors (Lipinski definition) is 1. The first kappa shape index (κ1) is 12.5. The number of carbonyl (C=O) groups excluding carboxylic acids is 1. The van der Waals surface area contributed by atoms with E-state index in [1.807, 2.05) is 17.5 Å². The van der Waals surface area contributed by atoms with Crippen molar-refractivity contribution >= 4 is 17.2 Å². The van der Waals surface area contributed by atoms with Crippen molar-refractivity contribution in [1.82, 2.24) is 4.90 Å². The summed E-state index contributed by atoms with van der Waals surface area (Å²) >= 11 is 1.68. The number of ether oxygens (including phenoxy) is 1. The van der Waals surface area contributed by atoms with Crippen LogP contribution in [0.25, 0.3) is 0 Å².